The van der Waals surface area contributed by atoms with E-state index in [0.29, 0.717) is 0 Å². The van der Waals surface area contributed by atoms with Gasteiger partial charge in [-0.2, -0.15) is 0 Å². The maximum absolute atomic E-state index is 12.5. The van der Waals surface area contributed by atoms with Gasteiger partial charge in [-0.3, -0.25) is 14.3 Å². The van der Waals surface area contributed by atoms with Crippen molar-refractivity contribution in [1.82, 2.24) is 9.55 Å². The summed E-state index contributed by atoms with van der Waals surface area (Å²) in [6, 6.07) is 0. The summed E-state index contributed by atoms with van der Waals surface area (Å²) in [5.74, 6) is 0. The number of hydrogen-bond acceptors (Lipinski definition) is 5. The van der Waals surface area contributed by atoms with Crippen LogP contribution in [0.1, 0.15) is 6.23 Å². The van der Waals surface area contributed by atoms with Gasteiger partial charge in [-0.25, -0.2) is 9.18 Å². The molecule has 2 heterocycles. The first-order valence-corrected chi connectivity index (χ1v) is 5.83. The van der Waals surface area contributed by atoms with Gasteiger partial charge in [-0.15, -0.1) is 0 Å². The lowest BCUT2D eigenvalue weighted by molar-refractivity contribution is -0.0456. The number of aliphatic hydroxyl groups excluding tert-OH is 2. The van der Waals surface area contributed by atoms with Crippen LogP contribution in [0.2, 0.25) is 0 Å². The third kappa shape index (κ3) is 2.14. The fraction of sp³-hybridized carbons (Fsp3) is 0.556. The number of nitrogens with one attached hydrogen (secondary N) is 1. The first kappa shape index (κ1) is 13.4. The molecule has 0 bridgehead atoms. The number of hydrogen-bond donors (Lipinski definition) is 3. The van der Waals surface area contributed by atoms with Crippen LogP contribution in [-0.2, 0) is 4.74 Å². The number of aromatic nitrogens is 2. The van der Waals surface area contributed by atoms with Crippen LogP contribution in [0, 0.1) is 0 Å². The second-order valence-corrected chi connectivity index (χ2v) is 4.70. The molecule has 2 rings (SSSR count). The van der Waals surface area contributed by atoms with Crippen molar-refractivity contribution in [1.29, 1.82) is 0 Å². The zero-order chi connectivity index (χ0) is 13.4. The first-order chi connectivity index (χ1) is 8.45. The summed E-state index contributed by atoms with van der Waals surface area (Å²) < 4.78 is 18.5. The summed E-state index contributed by atoms with van der Waals surface area (Å²) in [6.07, 6.45) is -4.23. The molecule has 1 fully saturated rings. The summed E-state index contributed by atoms with van der Waals surface area (Å²) in [6.45, 7) is -0.992. The van der Waals surface area contributed by atoms with Gasteiger partial charge >= 0.3 is 5.69 Å². The minimum atomic E-state index is -1.46. The molecular weight excluding hydrogens is 315 g/mol. The molecule has 3 N–H and O–H groups in total. The molecule has 0 saturated carbocycles. The van der Waals surface area contributed by atoms with E-state index in [9.17, 15) is 24.2 Å². The maximum atomic E-state index is 12.5. The Morgan fingerprint density at radius 3 is 2.67 bits per heavy atom. The summed E-state index contributed by atoms with van der Waals surface area (Å²) in [4.78, 5) is 24.7. The van der Waals surface area contributed by atoms with Gasteiger partial charge in [0.2, 0.25) is 0 Å². The molecule has 0 spiro atoms. The molecule has 0 unspecified atom stereocenters. The van der Waals surface area contributed by atoms with Crippen molar-refractivity contribution < 1.29 is 19.3 Å². The highest BCUT2D eigenvalue weighted by molar-refractivity contribution is 9.10. The van der Waals surface area contributed by atoms with E-state index in [-0.39, 0.29) is 4.47 Å². The zero-order valence-corrected chi connectivity index (χ0v) is 10.5. The minimum absolute atomic E-state index is 0.0519. The van der Waals surface area contributed by atoms with Crippen molar-refractivity contribution in [3.63, 3.8) is 0 Å². The van der Waals surface area contributed by atoms with E-state index in [1.807, 2.05) is 4.98 Å². The van der Waals surface area contributed by atoms with Crippen molar-refractivity contribution >= 4 is 15.9 Å². The molecule has 0 radical (unpaired) electrons. The van der Waals surface area contributed by atoms with E-state index in [1.165, 1.54) is 0 Å². The van der Waals surface area contributed by atoms with Crippen molar-refractivity contribution in [2.45, 2.75) is 24.5 Å². The van der Waals surface area contributed by atoms with Gasteiger partial charge in [0.1, 0.15) is 25.0 Å². The van der Waals surface area contributed by atoms with E-state index in [4.69, 9.17) is 4.74 Å². The van der Waals surface area contributed by atoms with Gasteiger partial charge < -0.3 is 14.9 Å². The van der Waals surface area contributed by atoms with Gasteiger partial charge in [0.05, 0.1) is 4.47 Å². The third-order valence-electron chi connectivity index (χ3n) is 2.69. The molecule has 4 atom stereocenters. The van der Waals surface area contributed by atoms with Crippen molar-refractivity contribution in [3.8, 4) is 0 Å². The van der Waals surface area contributed by atoms with E-state index >= 15 is 0 Å². The summed E-state index contributed by atoms with van der Waals surface area (Å²) in [7, 11) is 0. The SMILES string of the molecule is O=c1[nH]c(=O)n([C@H]2O[C@@H](CF)[C@@H](O)[C@H]2O)cc1Br. The number of nitrogens with zero attached hydrogens (tertiary/aromatic N) is 1. The molecule has 1 aliphatic heterocycles. The minimum Gasteiger partial charge on any atom is -0.387 e. The van der Waals surface area contributed by atoms with Crippen LogP contribution in [0.25, 0.3) is 0 Å². The Morgan fingerprint density at radius 2 is 2.11 bits per heavy atom. The topological polar surface area (TPSA) is 105 Å². The molecule has 100 valence electrons. The third-order valence-corrected chi connectivity index (χ3v) is 3.25. The lowest BCUT2D eigenvalue weighted by atomic mass is 10.1. The number of H-pyrrole nitrogens is 1. The second kappa shape index (κ2) is 4.92. The Bertz CT molecular complexity index is 559. The highest BCUT2D eigenvalue weighted by atomic mass is 79.9. The van der Waals surface area contributed by atoms with E-state index in [2.05, 4.69) is 15.9 Å². The van der Waals surface area contributed by atoms with Crippen LogP contribution >= 0.6 is 15.9 Å². The van der Waals surface area contributed by atoms with E-state index < -0.39 is 42.5 Å². The second-order valence-electron chi connectivity index (χ2n) is 3.84. The molecule has 1 aromatic rings. The lowest BCUT2D eigenvalue weighted by Crippen LogP contribution is -2.38. The summed E-state index contributed by atoms with van der Waals surface area (Å²) >= 11 is 2.92. The van der Waals surface area contributed by atoms with Gasteiger partial charge in [-0.1, -0.05) is 0 Å². The highest BCUT2D eigenvalue weighted by Crippen LogP contribution is 2.28. The molecule has 7 nitrogen and oxygen atoms in total. The predicted molar refractivity (Wildman–Crippen MR) is 60.9 cm³/mol. The molecular formula is C9H10BrFN2O5. The van der Waals surface area contributed by atoms with Crippen LogP contribution in [-0.4, -0.2) is 44.8 Å². The van der Waals surface area contributed by atoms with Gasteiger partial charge in [0.25, 0.3) is 5.56 Å². The number of halogens is 2. The monoisotopic (exact) mass is 324 g/mol. The van der Waals surface area contributed by atoms with Crippen molar-refractivity contribution in [2.75, 3.05) is 6.67 Å². The zero-order valence-electron chi connectivity index (χ0n) is 8.92. The van der Waals surface area contributed by atoms with Crippen molar-refractivity contribution in [3.05, 3.63) is 31.5 Å². The molecule has 0 amide bonds. The van der Waals surface area contributed by atoms with Crippen LogP contribution in [0.15, 0.2) is 20.3 Å². The number of ether oxygens (including phenoxy) is 1. The quantitative estimate of drug-likeness (QED) is 0.639. The molecule has 0 aliphatic carbocycles. The Labute approximate surface area is 108 Å². The molecule has 1 saturated heterocycles. The van der Waals surface area contributed by atoms with Crippen LogP contribution in [0.5, 0.6) is 0 Å². The largest absolute Gasteiger partial charge is 0.387 e. The number of aliphatic hydroxyl groups is 2. The standard InChI is InChI=1S/C9H10BrFN2O5/c10-3-2-13(9(17)12-7(3)16)8-6(15)5(14)4(1-11)18-8/h2,4-6,8,14-15H,1H2,(H,12,16,17)/t4-,5+,6+,8-/m0/s1. The fourth-order valence-corrected chi connectivity index (χ4v) is 2.06. The Morgan fingerprint density at radius 1 is 1.44 bits per heavy atom. The fourth-order valence-electron chi connectivity index (χ4n) is 1.74. The number of rotatable bonds is 2. The molecule has 1 aliphatic rings. The average molecular weight is 325 g/mol. The van der Waals surface area contributed by atoms with Crippen LogP contribution < -0.4 is 11.2 Å². The molecule has 18 heavy (non-hydrogen) atoms. The lowest BCUT2D eigenvalue weighted by Gasteiger charge is -2.17. The first-order valence-electron chi connectivity index (χ1n) is 5.04. The van der Waals surface area contributed by atoms with Crippen LogP contribution in [0.3, 0.4) is 0 Å². The number of alkyl halides is 1. The molecule has 0 aromatic carbocycles. The van der Waals surface area contributed by atoms with Gasteiger partial charge in [-0.05, 0) is 15.9 Å². The molecule has 1 aromatic heterocycles. The van der Waals surface area contributed by atoms with Crippen LogP contribution in [0.4, 0.5) is 4.39 Å². The predicted octanol–water partition coefficient (Wildman–Crippen LogP) is -1.11. The summed E-state index contributed by atoms with van der Waals surface area (Å²) in [5.41, 5.74) is -1.45. The van der Waals surface area contributed by atoms with E-state index in [0.717, 1.165) is 10.8 Å². The van der Waals surface area contributed by atoms with Crippen molar-refractivity contribution in [2.24, 2.45) is 0 Å². The normalized spacial score (nSPS) is 31.8. The smallest absolute Gasteiger partial charge is 0.330 e. The highest BCUT2D eigenvalue weighted by Gasteiger charge is 2.44. The average Bonchev–Trinajstić information content (AvgIpc) is 2.61. The summed E-state index contributed by atoms with van der Waals surface area (Å²) in [5, 5.41) is 19.2. The Balaban J connectivity index is 2.42. The maximum Gasteiger partial charge on any atom is 0.330 e. The number of aromatic amines is 1. The van der Waals surface area contributed by atoms with Gasteiger partial charge in [0.15, 0.2) is 6.23 Å². The Kier molecular flexibility index (Phi) is 3.66. The van der Waals surface area contributed by atoms with Gasteiger partial charge in [0, 0.05) is 6.20 Å². The van der Waals surface area contributed by atoms with E-state index in [1.54, 1.807) is 0 Å². The molecule has 9 heteroatoms. The Hall–Kier alpha value is -1.03.